The molecule has 6 heteroatoms. The summed E-state index contributed by atoms with van der Waals surface area (Å²) in [5.41, 5.74) is 4.56. The lowest BCUT2D eigenvalue weighted by atomic mass is 10.0. The van der Waals surface area contributed by atoms with E-state index < -0.39 is 0 Å². The molecule has 2 aromatic carbocycles. The molecule has 1 heterocycles. The molecule has 0 fully saturated rings. The van der Waals surface area contributed by atoms with Gasteiger partial charge in [0.25, 0.3) is 5.91 Å². The number of benzene rings is 2. The number of para-hydroxylation sites is 1. The monoisotopic (exact) mass is 445 g/mol. The number of anilines is 1. The number of amides is 3. The number of hydrogen-bond acceptors (Lipinski definition) is 3. The number of fused-ring (bicyclic) bond motifs is 1. The second-order valence-electron chi connectivity index (χ2n) is 8.44. The van der Waals surface area contributed by atoms with E-state index in [1.54, 1.807) is 23.8 Å². The highest BCUT2D eigenvalue weighted by molar-refractivity contribution is 6.10. The van der Waals surface area contributed by atoms with Gasteiger partial charge in [0.1, 0.15) is 5.78 Å². The fourth-order valence-electron chi connectivity index (χ4n) is 4.17. The van der Waals surface area contributed by atoms with Crippen molar-refractivity contribution in [2.24, 2.45) is 0 Å². The maximum atomic E-state index is 13.7. The number of carbonyl (C=O) groups is 3. The summed E-state index contributed by atoms with van der Waals surface area (Å²) in [5, 5.41) is 2.87. The summed E-state index contributed by atoms with van der Waals surface area (Å²) in [6.07, 6.45) is 2.82. The summed E-state index contributed by atoms with van der Waals surface area (Å²) in [6.45, 7) is 9.71. The SMILES string of the molecule is C=C(C)C(CCC(C)=O)N1C(=O)c2c(CN(C)C(=O)Nc3ccccc3)cccc2C1=CC. The van der Waals surface area contributed by atoms with Gasteiger partial charge in [-0.15, -0.1) is 0 Å². The Hall–Kier alpha value is -3.67. The van der Waals surface area contributed by atoms with Crippen LogP contribution in [0.5, 0.6) is 0 Å². The van der Waals surface area contributed by atoms with E-state index in [2.05, 4.69) is 11.9 Å². The van der Waals surface area contributed by atoms with Crippen LogP contribution in [-0.4, -0.2) is 40.6 Å². The van der Waals surface area contributed by atoms with Crippen molar-refractivity contribution in [3.8, 4) is 0 Å². The Morgan fingerprint density at radius 1 is 1.12 bits per heavy atom. The molecule has 1 aliphatic heterocycles. The minimum Gasteiger partial charge on any atom is -0.323 e. The summed E-state index contributed by atoms with van der Waals surface area (Å²) >= 11 is 0. The van der Waals surface area contributed by atoms with Gasteiger partial charge in [0.2, 0.25) is 0 Å². The van der Waals surface area contributed by atoms with Gasteiger partial charge in [-0.1, -0.05) is 54.6 Å². The van der Waals surface area contributed by atoms with E-state index >= 15 is 0 Å². The topological polar surface area (TPSA) is 69.7 Å². The van der Waals surface area contributed by atoms with E-state index in [0.29, 0.717) is 24.1 Å². The minimum atomic E-state index is -0.271. The predicted octanol–water partition coefficient (Wildman–Crippen LogP) is 5.48. The van der Waals surface area contributed by atoms with Crippen LogP contribution in [0, 0.1) is 0 Å². The molecule has 1 aliphatic rings. The van der Waals surface area contributed by atoms with E-state index in [-0.39, 0.29) is 30.3 Å². The zero-order valence-corrected chi connectivity index (χ0v) is 19.7. The van der Waals surface area contributed by atoms with Crippen LogP contribution in [-0.2, 0) is 11.3 Å². The standard InChI is InChI=1S/C27H31N3O3/c1-6-23-22-14-10-11-20(17-29(5)27(33)28-21-12-8-7-9-13-21)25(22)26(32)30(23)24(18(2)3)16-15-19(4)31/h6-14,24H,2,15-17H2,1,3-5H3,(H,28,33). The van der Waals surface area contributed by atoms with Crippen LogP contribution >= 0.6 is 0 Å². The predicted molar refractivity (Wildman–Crippen MR) is 132 cm³/mol. The van der Waals surface area contributed by atoms with Crippen LogP contribution in [0.2, 0.25) is 0 Å². The number of nitrogens with one attached hydrogen (secondary N) is 1. The first-order chi connectivity index (χ1) is 15.7. The van der Waals surface area contributed by atoms with Crippen LogP contribution in [0.1, 0.15) is 55.1 Å². The Morgan fingerprint density at radius 2 is 1.82 bits per heavy atom. The van der Waals surface area contributed by atoms with Crippen LogP contribution in [0.4, 0.5) is 10.5 Å². The van der Waals surface area contributed by atoms with Gasteiger partial charge in [-0.05, 0) is 44.9 Å². The summed E-state index contributed by atoms with van der Waals surface area (Å²) in [6, 6.07) is 14.4. The molecular formula is C27H31N3O3. The number of ketones is 1. The summed E-state index contributed by atoms with van der Waals surface area (Å²) in [4.78, 5) is 41.3. The average Bonchev–Trinajstić information content (AvgIpc) is 3.06. The lowest BCUT2D eigenvalue weighted by Crippen LogP contribution is -2.36. The quantitative estimate of drug-likeness (QED) is 0.547. The first-order valence-electron chi connectivity index (χ1n) is 11.1. The zero-order chi connectivity index (χ0) is 24.1. The molecule has 6 nitrogen and oxygen atoms in total. The molecule has 3 rings (SSSR count). The largest absolute Gasteiger partial charge is 0.323 e. The van der Waals surface area contributed by atoms with E-state index in [1.165, 1.54) is 0 Å². The number of allylic oxidation sites excluding steroid dienone is 1. The van der Waals surface area contributed by atoms with Crippen molar-refractivity contribution >= 4 is 29.1 Å². The van der Waals surface area contributed by atoms with Gasteiger partial charge < -0.3 is 19.9 Å². The number of urea groups is 1. The Balaban J connectivity index is 1.88. The Morgan fingerprint density at radius 3 is 2.42 bits per heavy atom. The molecule has 1 N–H and O–H groups in total. The summed E-state index contributed by atoms with van der Waals surface area (Å²) in [5.74, 6) is -0.0405. The van der Waals surface area contributed by atoms with Gasteiger partial charge >= 0.3 is 6.03 Å². The van der Waals surface area contributed by atoms with Gasteiger partial charge in [-0.2, -0.15) is 0 Å². The second-order valence-corrected chi connectivity index (χ2v) is 8.44. The third-order valence-electron chi connectivity index (χ3n) is 5.82. The summed E-state index contributed by atoms with van der Waals surface area (Å²) < 4.78 is 0. The Labute approximate surface area is 195 Å². The number of hydrogen-bond donors (Lipinski definition) is 1. The molecule has 0 aromatic heterocycles. The molecule has 0 saturated carbocycles. The molecular weight excluding hydrogens is 414 g/mol. The summed E-state index contributed by atoms with van der Waals surface area (Å²) in [7, 11) is 1.70. The number of rotatable bonds is 8. The van der Waals surface area contributed by atoms with E-state index in [0.717, 1.165) is 22.4 Å². The molecule has 2 aromatic rings. The van der Waals surface area contributed by atoms with Crippen molar-refractivity contribution in [1.82, 2.24) is 9.80 Å². The van der Waals surface area contributed by atoms with Crippen molar-refractivity contribution < 1.29 is 14.4 Å². The van der Waals surface area contributed by atoms with Crippen molar-refractivity contribution in [2.45, 2.75) is 46.2 Å². The molecule has 172 valence electrons. The number of carbonyl (C=O) groups excluding carboxylic acids is 3. The van der Waals surface area contributed by atoms with Crippen molar-refractivity contribution in [3.05, 3.63) is 83.4 Å². The van der Waals surface area contributed by atoms with Crippen LogP contribution in [0.15, 0.2) is 66.8 Å². The Bertz CT molecular complexity index is 1100. The molecule has 33 heavy (non-hydrogen) atoms. The lowest BCUT2D eigenvalue weighted by molar-refractivity contribution is -0.117. The zero-order valence-electron chi connectivity index (χ0n) is 19.7. The molecule has 0 aliphatic carbocycles. The fraction of sp³-hybridized carbons (Fsp3) is 0.296. The number of nitrogens with zero attached hydrogens (tertiary/aromatic N) is 2. The van der Waals surface area contributed by atoms with Crippen molar-refractivity contribution in [2.75, 3.05) is 12.4 Å². The third kappa shape index (κ3) is 5.22. The third-order valence-corrected chi connectivity index (χ3v) is 5.82. The Kier molecular flexibility index (Phi) is 7.48. The van der Waals surface area contributed by atoms with Crippen LogP contribution < -0.4 is 5.32 Å². The van der Waals surface area contributed by atoms with Crippen molar-refractivity contribution in [1.29, 1.82) is 0 Å². The highest BCUT2D eigenvalue weighted by atomic mass is 16.2. The normalized spacial score (nSPS) is 14.7. The molecule has 0 spiro atoms. The van der Waals surface area contributed by atoms with E-state index in [4.69, 9.17) is 0 Å². The lowest BCUT2D eigenvalue weighted by Gasteiger charge is -2.29. The van der Waals surface area contributed by atoms with Gasteiger partial charge in [0, 0.05) is 37.0 Å². The second kappa shape index (κ2) is 10.3. The minimum absolute atomic E-state index is 0.0826. The number of Topliss-reactive ketones (excluding diaryl/α,β-unsaturated/α-hetero) is 1. The van der Waals surface area contributed by atoms with E-state index in [9.17, 15) is 14.4 Å². The van der Waals surface area contributed by atoms with Gasteiger partial charge in [0.15, 0.2) is 0 Å². The maximum Gasteiger partial charge on any atom is 0.321 e. The smallest absolute Gasteiger partial charge is 0.321 e. The molecule has 3 amide bonds. The maximum absolute atomic E-state index is 13.7. The van der Waals surface area contributed by atoms with Crippen molar-refractivity contribution in [3.63, 3.8) is 0 Å². The average molecular weight is 446 g/mol. The molecule has 1 unspecified atom stereocenters. The molecule has 0 bridgehead atoms. The fourth-order valence-corrected chi connectivity index (χ4v) is 4.17. The van der Waals surface area contributed by atoms with Crippen LogP contribution in [0.3, 0.4) is 0 Å². The van der Waals surface area contributed by atoms with Crippen LogP contribution in [0.25, 0.3) is 5.70 Å². The highest BCUT2D eigenvalue weighted by Gasteiger charge is 2.38. The van der Waals surface area contributed by atoms with Gasteiger partial charge in [0.05, 0.1) is 11.6 Å². The first-order valence-corrected chi connectivity index (χ1v) is 11.1. The van der Waals surface area contributed by atoms with E-state index in [1.807, 2.05) is 68.5 Å². The highest BCUT2D eigenvalue weighted by Crippen LogP contribution is 2.38. The van der Waals surface area contributed by atoms with Gasteiger partial charge in [-0.3, -0.25) is 4.79 Å². The molecule has 0 saturated heterocycles. The van der Waals surface area contributed by atoms with Gasteiger partial charge in [-0.25, -0.2) is 4.79 Å². The molecule has 0 radical (unpaired) electrons. The first kappa shape index (κ1) is 24.0. The molecule has 1 atom stereocenters.